The zero-order chi connectivity index (χ0) is 19.5. The lowest BCUT2D eigenvalue weighted by atomic mass is 9.96. The number of aromatic nitrogens is 2. The average molecular weight is 383 g/mol. The molecule has 2 aliphatic heterocycles. The molecule has 0 radical (unpaired) electrons. The zero-order valence-electron chi connectivity index (χ0n) is 16.0. The molecule has 8 heteroatoms. The van der Waals surface area contributed by atoms with Gasteiger partial charge in [0, 0.05) is 50.6 Å². The lowest BCUT2D eigenvalue weighted by Gasteiger charge is -2.33. The molecule has 2 aliphatic rings. The fourth-order valence-corrected chi connectivity index (χ4v) is 3.92. The van der Waals surface area contributed by atoms with E-state index in [0.29, 0.717) is 24.4 Å². The van der Waals surface area contributed by atoms with Crippen molar-refractivity contribution in [3.05, 3.63) is 42.0 Å². The number of anilines is 2. The number of amides is 2. The van der Waals surface area contributed by atoms with Gasteiger partial charge in [-0.05, 0) is 31.0 Å². The lowest BCUT2D eigenvalue weighted by molar-refractivity contribution is -0.114. The van der Waals surface area contributed by atoms with Crippen molar-refractivity contribution in [2.24, 2.45) is 0 Å². The van der Waals surface area contributed by atoms with Gasteiger partial charge in [0.25, 0.3) is 5.91 Å². The molecule has 4 rings (SSSR count). The topological polar surface area (TPSA) is 88.5 Å². The molecule has 3 heterocycles. The second-order valence-electron chi connectivity index (χ2n) is 7.22. The molecule has 2 amide bonds. The van der Waals surface area contributed by atoms with Crippen molar-refractivity contribution in [1.29, 1.82) is 0 Å². The van der Waals surface area contributed by atoms with Crippen LogP contribution in [0.2, 0.25) is 0 Å². The van der Waals surface area contributed by atoms with Gasteiger partial charge >= 0.3 is 0 Å². The predicted octanol–water partition coefficient (Wildman–Crippen LogP) is 1.91. The monoisotopic (exact) mass is 383 g/mol. The van der Waals surface area contributed by atoms with Crippen molar-refractivity contribution in [3.8, 4) is 0 Å². The van der Waals surface area contributed by atoms with E-state index in [9.17, 15) is 9.59 Å². The maximum Gasteiger partial charge on any atom is 0.253 e. The second kappa shape index (κ2) is 8.02. The number of benzene rings is 1. The largest absolute Gasteiger partial charge is 0.383 e. The van der Waals surface area contributed by atoms with E-state index in [1.54, 1.807) is 13.2 Å². The third-order valence-electron chi connectivity index (χ3n) is 5.34. The van der Waals surface area contributed by atoms with Crippen LogP contribution in [0.25, 0.3) is 0 Å². The summed E-state index contributed by atoms with van der Waals surface area (Å²) in [5, 5.41) is 5.87. The first kappa shape index (κ1) is 18.5. The fraction of sp³-hybridized carbons (Fsp3) is 0.450. The summed E-state index contributed by atoms with van der Waals surface area (Å²) in [6.07, 6.45) is 5.73. The van der Waals surface area contributed by atoms with Crippen LogP contribution >= 0.6 is 0 Å². The van der Waals surface area contributed by atoms with E-state index >= 15 is 0 Å². The van der Waals surface area contributed by atoms with Crippen molar-refractivity contribution >= 4 is 23.2 Å². The Labute approximate surface area is 163 Å². The third kappa shape index (κ3) is 3.73. The van der Waals surface area contributed by atoms with Crippen molar-refractivity contribution in [3.63, 3.8) is 0 Å². The standard InChI is InChI=1S/C20H25N5O3/c1-28-10-9-24-8-6-21-19(24)15-3-2-7-25(13-15)20(27)14-4-5-16-17(11-14)23-18(26)12-22-16/h4-6,8,11,15,22H,2-3,7,9-10,12-13H2,1H3,(H,23,26)/t15-/m0/s1. The third-order valence-corrected chi connectivity index (χ3v) is 5.34. The molecule has 0 saturated carbocycles. The van der Waals surface area contributed by atoms with Crippen molar-refractivity contribution in [2.75, 3.05) is 44.0 Å². The molecule has 0 aliphatic carbocycles. The van der Waals surface area contributed by atoms with Gasteiger partial charge in [-0.2, -0.15) is 0 Å². The van der Waals surface area contributed by atoms with Crippen LogP contribution in [0.5, 0.6) is 0 Å². The number of carbonyl (C=O) groups is 2. The molecule has 0 unspecified atom stereocenters. The Balaban J connectivity index is 1.49. The molecule has 28 heavy (non-hydrogen) atoms. The number of nitrogens with one attached hydrogen (secondary N) is 2. The van der Waals surface area contributed by atoms with Gasteiger partial charge in [-0.1, -0.05) is 0 Å². The van der Waals surface area contributed by atoms with Gasteiger partial charge in [0.2, 0.25) is 5.91 Å². The number of imidazole rings is 1. The summed E-state index contributed by atoms with van der Waals surface area (Å²) in [6, 6.07) is 5.42. The Hall–Kier alpha value is -2.87. The van der Waals surface area contributed by atoms with E-state index < -0.39 is 0 Å². The van der Waals surface area contributed by atoms with E-state index in [1.807, 2.05) is 29.4 Å². The highest BCUT2D eigenvalue weighted by molar-refractivity contribution is 6.03. The van der Waals surface area contributed by atoms with Crippen molar-refractivity contribution in [1.82, 2.24) is 14.5 Å². The van der Waals surface area contributed by atoms with Crippen molar-refractivity contribution in [2.45, 2.75) is 25.3 Å². The minimum atomic E-state index is -0.0990. The first-order chi connectivity index (χ1) is 13.7. The summed E-state index contributed by atoms with van der Waals surface area (Å²) in [5.74, 6) is 1.11. The zero-order valence-corrected chi connectivity index (χ0v) is 16.0. The fourth-order valence-electron chi connectivity index (χ4n) is 3.92. The maximum atomic E-state index is 13.1. The number of fused-ring (bicyclic) bond motifs is 1. The molecule has 8 nitrogen and oxygen atoms in total. The maximum absolute atomic E-state index is 13.1. The molecule has 1 fully saturated rings. The number of nitrogens with zero attached hydrogens (tertiary/aromatic N) is 3. The van der Waals surface area contributed by atoms with E-state index in [2.05, 4.69) is 20.2 Å². The Morgan fingerprint density at radius 2 is 2.25 bits per heavy atom. The molecule has 148 valence electrons. The number of rotatable bonds is 5. The highest BCUT2D eigenvalue weighted by atomic mass is 16.5. The van der Waals surface area contributed by atoms with Gasteiger partial charge in [-0.15, -0.1) is 0 Å². The Morgan fingerprint density at radius 3 is 3.11 bits per heavy atom. The number of methoxy groups -OCH3 is 1. The summed E-state index contributed by atoms with van der Waals surface area (Å²) in [6.45, 7) is 3.02. The molecular formula is C20H25N5O3. The van der Waals surface area contributed by atoms with Crippen molar-refractivity contribution < 1.29 is 14.3 Å². The smallest absolute Gasteiger partial charge is 0.253 e. The Bertz CT molecular complexity index is 878. The molecule has 0 spiro atoms. The summed E-state index contributed by atoms with van der Waals surface area (Å²) >= 11 is 0. The van der Waals surface area contributed by atoms with E-state index in [4.69, 9.17) is 4.74 Å². The van der Waals surface area contributed by atoms with Crippen LogP contribution in [-0.4, -0.2) is 59.6 Å². The molecule has 2 aromatic rings. The summed E-state index contributed by atoms with van der Waals surface area (Å²) < 4.78 is 7.29. The number of hydrogen-bond acceptors (Lipinski definition) is 5. The molecule has 1 aromatic heterocycles. The number of ether oxygens (including phenoxy) is 1. The molecule has 1 aromatic carbocycles. The van der Waals surface area contributed by atoms with E-state index in [-0.39, 0.29) is 24.3 Å². The number of likely N-dealkylation sites (tertiary alicyclic amines) is 1. The Morgan fingerprint density at radius 1 is 1.36 bits per heavy atom. The van der Waals surface area contributed by atoms with Gasteiger partial charge in [0.05, 0.1) is 24.5 Å². The van der Waals surface area contributed by atoms with Crippen LogP contribution < -0.4 is 10.6 Å². The van der Waals surface area contributed by atoms with Gasteiger partial charge in [0.1, 0.15) is 5.82 Å². The lowest BCUT2D eigenvalue weighted by Crippen LogP contribution is -2.40. The number of piperidine rings is 1. The minimum Gasteiger partial charge on any atom is -0.383 e. The van der Waals surface area contributed by atoms with Gasteiger partial charge in [-0.3, -0.25) is 9.59 Å². The van der Waals surface area contributed by atoms with Crippen LogP contribution in [-0.2, 0) is 16.1 Å². The van der Waals surface area contributed by atoms with Gasteiger partial charge in [-0.25, -0.2) is 4.98 Å². The van der Waals surface area contributed by atoms with Crippen LogP contribution in [0, 0.1) is 0 Å². The molecule has 0 bridgehead atoms. The summed E-state index contributed by atoms with van der Waals surface area (Å²) in [5.41, 5.74) is 2.09. The SMILES string of the molecule is COCCn1ccnc1[C@H]1CCCN(C(=O)c2ccc3c(c2)NC(=O)CN3)C1. The highest BCUT2D eigenvalue weighted by Gasteiger charge is 2.28. The van der Waals surface area contributed by atoms with Crippen LogP contribution in [0.4, 0.5) is 11.4 Å². The van der Waals surface area contributed by atoms with E-state index in [0.717, 1.165) is 37.4 Å². The number of hydrogen-bond donors (Lipinski definition) is 2. The van der Waals surface area contributed by atoms with Gasteiger partial charge < -0.3 is 24.8 Å². The quantitative estimate of drug-likeness (QED) is 0.823. The van der Waals surface area contributed by atoms with E-state index in [1.165, 1.54) is 0 Å². The summed E-state index contributed by atoms with van der Waals surface area (Å²) in [7, 11) is 1.69. The molecule has 1 saturated heterocycles. The molecular weight excluding hydrogens is 358 g/mol. The summed E-state index contributed by atoms with van der Waals surface area (Å²) in [4.78, 5) is 31.1. The average Bonchev–Trinajstić information content (AvgIpc) is 3.20. The van der Waals surface area contributed by atoms with Gasteiger partial charge in [0.15, 0.2) is 0 Å². The normalized spacial score (nSPS) is 19.0. The highest BCUT2D eigenvalue weighted by Crippen LogP contribution is 2.29. The minimum absolute atomic E-state index is 0.0117. The Kier molecular flexibility index (Phi) is 5.29. The van der Waals surface area contributed by atoms with Crippen LogP contribution in [0.15, 0.2) is 30.6 Å². The van der Waals surface area contributed by atoms with Crippen LogP contribution in [0.1, 0.15) is 34.9 Å². The first-order valence-electron chi connectivity index (χ1n) is 9.62. The second-order valence-corrected chi connectivity index (χ2v) is 7.22. The number of carbonyl (C=O) groups excluding carboxylic acids is 2. The first-order valence-corrected chi connectivity index (χ1v) is 9.62. The molecule has 1 atom stereocenters. The van der Waals surface area contributed by atoms with Crippen LogP contribution in [0.3, 0.4) is 0 Å². The predicted molar refractivity (Wildman–Crippen MR) is 106 cm³/mol. The molecule has 2 N–H and O–H groups in total.